The van der Waals surface area contributed by atoms with E-state index in [4.69, 9.17) is 9.47 Å². The number of aliphatic hydroxyl groups is 1. The van der Waals surface area contributed by atoms with Crippen LogP contribution in [0, 0.1) is 0 Å². The van der Waals surface area contributed by atoms with E-state index in [0.717, 1.165) is 30.8 Å². The van der Waals surface area contributed by atoms with Gasteiger partial charge in [-0.15, -0.1) is 0 Å². The van der Waals surface area contributed by atoms with Gasteiger partial charge in [-0.05, 0) is 30.5 Å². The topological polar surface area (TPSA) is 38.7 Å². The van der Waals surface area contributed by atoms with Crippen molar-refractivity contribution in [3.63, 3.8) is 0 Å². The van der Waals surface area contributed by atoms with Gasteiger partial charge in [-0.2, -0.15) is 0 Å². The van der Waals surface area contributed by atoms with Gasteiger partial charge in [-0.25, -0.2) is 0 Å². The maximum Gasteiger partial charge on any atom is 0.120 e. The second-order valence-corrected chi connectivity index (χ2v) is 6.13. The van der Waals surface area contributed by atoms with Crippen LogP contribution in [0.15, 0.2) is 24.3 Å². The molecule has 3 nitrogen and oxygen atoms in total. The Kier molecular flexibility index (Phi) is 4.27. The molecule has 0 bridgehead atoms. The van der Waals surface area contributed by atoms with Crippen LogP contribution in [0.4, 0.5) is 0 Å². The van der Waals surface area contributed by atoms with Crippen LogP contribution < -0.4 is 4.74 Å². The minimum absolute atomic E-state index is 0.0644. The molecule has 3 heteroatoms. The standard InChI is InChI=1S/C17H24O3/c18-13-14-5-4-6-15(11-14)20-16-7-10-19-17(12-16)8-2-1-3-9-17/h4-6,11,16,18H,1-3,7-10,12-13H2. The van der Waals surface area contributed by atoms with Crippen molar-refractivity contribution < 1.29 is 14.6 Å². The lowest BCUT2D eigenvalue weighted by Crippen LogP contribution is -2.45. The van der Waals surface area contributed by atoms with E-state index in [1.165, 1.54) is 32.1 Å². The van der Waals surface area contributed by atoms with Gasteiger partial charge in [0.25, 0.3) is 0 Å². The van der Waals surface area contributed by atoms with Crippen LogP contribution in [0.3, 0.4) is 0 Å². The number of aliphatic hydroxyl groups excluding tert-OH is 1. The van der Waals surface area contributed by atoms with Crippen LogP contribution in [-0.2, 0) is 11.3 Å². The number of benzene rings is 1. The normalized spacial score (nSPS) is 25.6. The summed E-state index contributed by atoms with van der Waals surface area (Å²) < 4.78 is 12.2. The summed E-state index contributed by atoms with van der Waals surface area (Å²) in [6.45, 7) is 0.874. The largest absolute Gasteiger partial charge is 0.490 e. The molecule has 0 radical (unpaired) electrons. The Hall–Kier alpha value is -1.06. The van der Waals surface area contributed by atoms with Gasteiger partial charge in [0.1, 0.15) is 11.9 Å². The first-order valence-electron chi connectivity index (χ1n) is 7.80. The maximum atomic E-state index is 9.19. The Labute approximate surface area is 120 Å². The average Bonchev–Trinajstić information content (AvgIpc) is 2.48. The molecule has 1 aromatic carbocycles. The van der Waals surface area contributed by atoms with Gasteiger partial charge < -0.3 is 14.6 Å². The van der Waals surface area contributed by atoms with Crippen molar-refractivity contribution in [3.8, 4) is 5.75 Å². The van der Waals surface area contributed by atoms with E-state index >= 15 is 0 Å². The Morgan fingerprint density at radius 3 is 2.90 bits per heavy atom. The molecule has 1 saturated heterocycles. The van der Waals surface area contributed by atoms with E-state index in [-0.39, 0.29) is 18.3 Å². The molecule has 1 unspecified atom stereocenters. The molecule has 3 rings (SSSR count). The Morgan fingerprint density at radius 2 is 2.10 bits per heavy atom. The van der Waals surface area contributed by atoms with Crippen LogP contribution in [0.1, 0.15) is 50.5 Å². The maximum absolute atomic E-state index is 9.19. The van der Waals surface area contributed by atoms with Crippen molar-refractivity contribution in [2.45, 2.75) is 63.3 Å². The summed E-state index contributed by atoms with van der Waals surface area (Å²) in [5, 5.41) is 9.19. The minimum atomic E-state index is 0.0644. The fourth-order valence-electron chi connectivity index (χ4n) is 3.54. The lowest BCUT2D eigenvalue weighted by molar-refractivity contribution is -0.129. The predicted molar refractivity (Wildman–Crippen MR) is 77.8 cm³/mol. The number of hydrogen-bond acceptors (Lipinski definition) is 3. The van der Waals surface area contributed by atoms with Crippen molar-refractivity contribution in [1.29, 1.82) is 0 Å². The van der Waals surface area contributed by atoms with E-state index in [0.29, 0.717) is 0 Å². The Balaban J connectivity index is 1.64. The van der Waals surface area contributed by atoms with Crippen LogP contribution in [-0.4, -0.2) is 23.4 Å². The molecule has 2 aliphatic rings. The fourth-order valence-corrected chi connectivity index (χ4v) is 3.54. The van der Waals surface area contributed by atoms with Crippen LogP contribution >= 0.6 is 0 Å². The first kappa shape index (κ1) is 13.9. The third kappa shape index (κ3) is 3.15. The summed E-state index contributed by atoms with van der Waals surface area (Å²) in [5.74, 6) is 0.870. The smallest absolute Gasteiger partial charge is 0.120 e. The van der Waals surface area contributed by atoms with Crippen LogP contribution in [0.25, 0.3) is 0 Å². The molecule has 1 heterocycles. The van der Waals surface area contributed by atoms with Gasteiger partial charge >= 0.3 is 0 Å². The van der Waals surface area contributed by atoms with Gasteiger partial charge in [0, 0.05) is 12.8 Å². The molecule has 1 saturated carbocycles. The zero-order valence-electron chi connectivity index (χ0n) is 12.0. The molecule has 1 N–H and O–H groups in total. The first-order chi connectivity index (χ1) is 9.80. The molecule has 0 aromatic heterocycles. The monoisotopic (exact) mass is 276 g/mol. The van der Waals surface area contributed by atoms with E-state index < -0.39 is 0 Å². The minimum Gasteiger partial charge on any atom is -0.490 e. The highest BCUT2D eigenvalue weighted by Crippen LogP contribution is 2.39. The lowest BCUT2D eigenvalue weighted by atomic mass is 9.79. The zero-order valence-corrected chi connectivity index (χ0v) is 12.0. The molecule has 1 aliphatic carbocycles. The van der Waals surface area contributed by atoms with Crippen LogP contribution in [0.2, 0.25) is 0 Å². The summed E-state index contributed by atoms with van der Waals surface area (Å²) in [5.41, 5.74) is 0.984. The Morgan fingerprint density at radius 1 is 1.25 bits per heavy atom. The lowest BCUT2D eigenvalue weighted by Gasteiger charge is -2.43. The zero-order chi connectivity index (χ0) is 13.8. The van der Waals surface area contributed by atoms with Gasteiger partial charge in [-0.3, -0.25) is 0 Å². The second-order valence-electron chi connectivity index (χ2n) is 6.13. The van der Waals surface area contributed by atoms with Gasteiger partial charge in [0.2, 0.25) is 0 Å². The van der Waals surface area contributed by atoms with E-state index in [1.807, 2.05) is 24.3 Å². The Bertz CT molecular complexity index is 432. The quantitative estimate of drug-likeness (QED) is 0.919. The molecule has 1 spiro atoms. The molecular formula is C17H24O3. The summed E-state index contributed by atoms with van der Waals surface area (Å²) in [6.07, 6.45) is 8.50. The number of hydrogen-bond donors (Lipinski definition) is 1. The van der Waals surface area contributed by atoms with Crippen molar-refractivity contribution in [1.82, 2.24) is 0 Å². The summed E-state index contributed by atoms with van der Waals surface area (Å²) >= 11 is 0. The fraction of sp³-hybridized carbons (Fsp3) is 0.647. The van der Waals surface area contributed by atoms with Gasteiger partial charge in [0.15, 0.2) is 0 Å². The summed E-state index contributed by atoms with van der Waals surface area (Å²) in [6, 6.07) is 7.77. The van der Waals surface area contributed by atoms with E-state index in [1.54, 1.807) is 0 Å². The highest BCUT2D eigenvalue weighted by Gasteiger charge is 2.39. The summed E-state index contributed by atoms with van der Waals surface area (Å²) in [7, 11) is 0. The predicted octanol–water partition coefficient (Wildman–Crippen LogP) is 3.44. The third-order valence-electron chi connectivity index (χ3n) is 4.60. The molecular weight excluding hydrogens is 252 g/mol. The molecule has 20 heavy (non-hydrogen) atoms. The molecule has 2 fully saturated rings. The molecule has 110 valence electrons. The summed E-state index contributed by atoms with van der Waals surface area (Å²) in [4.78, 5) is 0. The van der Waals surface area contributed by atoms with Crippen molar-refractivity contribution in [2.24, 2.45) is 0 Å². The van der Waals surface area contributed by atoms with E-state index in [9.17, 15) is 5.11 Å². The van der Waals surface area contributed by atoms with E-state index in [2.05, 4.69) is 0 Å². The number of ether oxygens (including phenoxy) is 2. The SMILES string of the molecule is OCc1cccc(OC2CCOC3(CCCCC3)C2)c1. The van der Waals surface area contributed by atoms with Gasteiger partial charge in [-0.1, -0.05) is 31.4 Å². The van der Waals surface area contributed by atoms with Crippen molar-refractivity contribution in [2.75, 3.05) is 6.61 Å². The molecule has 0 amide bonds. The average molecular weight is 276 g/mol. The van der Waals surface area contributed by atoms with Crippen LogP contribution in [0.5, 0.6) is 5.75 Å². The molecule has 1 aromatic rings. The third-order valence-corrected chi connectivity index (χ3v) is 4.60. The molecule has 1 aliphatic heterocycles. The van der Waals surface area contributed by atoms with Gasteiger partial charge in [0.05, 0.1) is 18.8 Å². The highest BCUT2D eigenvalue weighted by atomic mass is 16.5. The second kappa shape index (κ2) is 6.15. The van der Waals surface area contributed by atoms with Crippen molar-refractivity contribution in [3.05, 3.63) is 29.8 Å². The highest BCUT2D eigenvalue weighted by molar-refractivity contribution is 5.28. The first-order valence-corrected chi connectivity index (χ1v) is 7.80. The molecule has 1 atom stereocenters. The van der Waals surface area contributed by atoms with Crippen molar-refractivity contribution >= 4 is 0 Å². The number of rotatable bonds is 3.